The molecule has 3 N–H and O–H groups in total. The fraction of sp³-hybridized carbons (Fsp3) is 0.381. The third-order valence-corrected chi connectivity index (χ3v) is 5.72. The maximum atomic E-state index is 8.71. The third-order valence-electron chi connectivity index (χ3n) is 5.72. The summed E-state index contributed by atoms with van der Waals surface area (Å²) in [5, 5.41) is 10.9. The summed E-state index contributed by atoms with van der Waals surface area (Å²) in [4.78, 5) is 12.2. The predicted octanol–water partition coefficient (Wildman–Crippen LogP) is 4.33. The number of amidine groups is 1. The van der Waals surface area contributed by atoms with Crippen LogP contribution in [0.2, 0.25) is 0 Å². The molecule has 4 rings (SSSR count). The molecule has 33 heavy (non-hydrogen) atoms. The van der Waals surface area contributed by atoms with Crippen molar-refractivity contribution in [3.8, 4) is 0 Å². The number of benzene rings is 2. The van der Waals surface area contributed by atoms with Gasteiger partial charge in [-0.1, -0.05) is 40.6 Å². The monoisotopic (exact) mass is 447 g/mol. The normalized spacial score (nSPS) is 15.8. The Labute approximate surface area is 190 Å². The molecule has 1 fully saturated rings. The molecule has 2 aliphatic heterocycles. The Kier molecular flexibility index (Phi) is 7.13. The van der Waals surface area contributed by atoms with Gasteiger partial charge in [-0.05, 0) is 34.8 Å². The van der Waals surface area contributed by atoms with Crippen LogP contribution in [-0.4, -0.2) is 37.9 Å². The van der Waals surface area contributed by atoms with Gasteiger partial charge in [0.15, 0.2) is 0 Å². The fourth-order valence-corrected chi connectivity index (χ4v) is 4.05. The fourth-order valence-electron chi connectivity index (χ4n) is 4.05. The van der Waals surface area contributed by atoms with Gasteiger partial charge in [0, 0.05) is 48.1 Å². The zero-order valence-electron chi connectivity index (χ0n) is 18.1. The van der Waals surface area contributed by atoms with Gasteiger partial charge in [-0.2, -0.15) is 0 Å². The number of nitrogens with one attached hydrogen (secondary N) is 3. The SMILES string of the molecule is [N-]=[N+]=NCN(CN=[N+]=[N-])c1ccccc1CNNC1=Nc2ccccc2NC12CCOCC2. The van der Waals surface area contributed by atoms with Crippen molar-refractivity contribution >= 4 is 22.9 Å². The lowest BCUT2D eigenvalue weighted by atomic mass is 9.87. The van der Waals surface area contributed by atoms with Gasteiger partial charge >= 0.3 is 0 Å². The van der Waals surface area contributed by atoms with Crippen LogP contribution in [0.5, 0.6) is 0 Å². The number of hydrogen-bond donors (Lipinski definition) is 3. The second-order valence-electron chi connectivity index (χ2n) is 7.69. The van der Waals surface area contributed by atoms with E-state index in [0.717, 1.165) is 41.3 Å². The lowest BCUT2D eigenvalue weighted by Crippen LogP contribution is -2.59. The molecule has 0 aliphatic carbocycles. The predicted molar refractivity (Wildman–Crippen MR) is 127 cm³/mol. The average molecular weight is 448 g/mol. The minimum atomic E-state index is -0.325. The van der Waals surface area contributed by atoms with E-state index >= 15 is 0 Å². The minimum Gasteiger partial charge on any atom is -0.381 e. The van der Waals surface area contributed by atoms with Crippen LogP contribution in [0.4, 0.5) is 17.1 Å². The molecule has 0 radical (unpaired) electrons. The average Bonchev–Trinajstić information content (AvgIpc) is 2.85. The summed E-state index contributed by atoms with van der Waals surface area (Å²) in [6.45, 7) is 1.89. The Morgan fingerprint density at radius 2 is 1.73 bits per heavy atom. The van der Waals surface area contributed by atoms with Crippen LogP contribution < -0.4 is 21.1 Å². The van der Waals surface area contributed by atoms with Crippen molar-refractivity contribution in [3.05, 3.63) is 75.0 Å². The molecule has 1 saturated heterocycles. The summed E-state index contributed by atoms with van der Waals surface area (Å²) in [5.41, 5.74) is 27.4. The van der Waals surface area contributed by atoms with E-state index in [4.69, 9.17) is 20.8 Å². The van der Waals surface area contributed by atoms with Crippen molar-refractivity contribution < 1.29 is 4.74 Å². The van der Waals surface area contributed by atoms with E-state index in [0.29, 0.717) is 19.8 Å². The highest BCUT2D eigenvalue weighted by atomic mass is 16.5. The molecule has 1 spiro atoms. The molecule has 2 heterocycles. The highest BCUT2D eigenvalue weighted by molar-refractivity contribution is 6.00. The zero-order valence-corrected chi connectivity index (χ0v) is 18.1. The second kappa shape index (κ2) is 10.6. The van der Waals surface area contributed by atoms with Crippen molar-refractivity contribution in [1.29, 1.82) is 0 Å². The molecule has 0 bridgehead atoms. The first-order valence-electron chi connectivity index (χ1n) is 10.6. The Hall–Kier alpha value is -3.95. The Balaban J connectivity index is 1.52. The number of anilines is 2. The molecule has 2 aliphatic rings. The van der Waals surface area contributed by atoms with Crippen molar-refractivity contribution in [3.63, 3.8) is 0 Å². The second-order valence-corrected chi connectivity index (χ2v) is 7.69. The molecule has 0 saturated carbocycles. The van der Waals surface area contributed by atoms with Crippen molar-refractivity contribution in [2.75, 3.05) is 36.8 Å². The third kappa shape index (κ3) is 5.11. The molecule has 0 unspecified atom stereocenters. The number of hydrazine groups is 1. The van der Waals surface area contributed by atoms with Crippen LogP contribution in [0.3, 0.4) is 0 Å². The van der Waals surface area contributed by atoms with E-state index < -0.39 is 0 Å². The van der Waals surface area contributed by atoms with Gasteiger partial charge in [0.1, 0.15) is 11.4 Å². The Bertz CT molecular complexity index is 1080. The number of para-hydroxylation sites is 3. The summed E-state index contributed by atoms with van der Waals surface area (Å²) in [6.07, 6.45) is 1.61. The Morgan fingerprint density at radius 1 is 1.03 bits per heavy atom. The first-order chi connectivity index (χ1) is 16.3. The van der Waals surface area contributed by atoms with Gasteiger partial charge in [-0.3, -0.25) is 0 Å². The van der Waals surface area contributed by atoms with Gasteiger partial charge in [0.05, 0.1) is 24.7 Å². The zero-order chi connectivity index (χ0) is 22.9. The number of nitrogens with zero attached hydrogens (tertiary/aromatic N) is 8. The van der Waals surface area contributed by atoms with E-state index in [-0.39, 0.29) is 18.9 Å². The number of aliphatic imine (C=N–C) groups is 1. The summed E-state index contributed by atoms with van der Waals surface area (Å²) >= 11 is 0. The summed E-state index contributed by atoms with van der Waals surface area (Å²) < 4.78 is 5.60. The van der Waals surface area contributed by atoms with Gasteiger partial charge < -0.3 is 20.4 Å². The van der Waals surface area contributed by atoms with E-state index in [2.05, 4.69) is 36.2 Å². The van der Waals surface area contributed by atoms with Crippen molar-refractivity contribution in [2.24, 2.45) is 15.2 Å². The van der Waals surface area contributed by atoms with Crippen molar-refractivity contribution in [1.82, 2.24) is 10.9 Å². The van der Waals surface area contributed by atoms with Gasteiger partial charge in [0.2, 0.25) is 0 Å². The number of hydrogen-bond acceptors (Lipinski definition) is 8. The molecule has 2 aromatic rings. The van der Waals surface area contributed by atoms with E-state index in [1.54, 1.807) is 4.90 Å². The van der Waals surface area contributed by atoms with Gasteiger partial charge in [-0.25, -0.2) is 10.4 Å². The summed E-state index contributed by atoms with van der Waals surface area (Å²) in [7, 11) is 0. The van der Waals surface area contributed by atoms with Crippen LogP contribution in [0.25, 0.3) is 20.9 Å². The van der Waals surface area contributed by atoms with Crippen LogP contribution >= 0.6 is 0 Å². The van der Waals surface area contributed by atoms with E-state index in [1.807, 2.05) is 48.5 Å². The maximum Gasteiger partial charge on any atom is 0.142 e. The minimum absolute atomic E-state index is 0.0521. The van der Waals surface area contributed by atoms with Crippen LogP contribution in [0.15, 0.2) is 63.8 Å². The Morgan fingerprint density at radius 3 is 2.48 bits per heavy atom. The largest absolute Gasteiger partial charge is 0.381 e. The smallest absolute Gasteiger partial charge is 0.142 e. The lowest BCUT2D eigenvalue weighted by Gasteiger charge is -2.42. The summed E-state index contributed by atoms with van der Waals surface area (Å²) in [5.74, 6) is 0.821. The number of rotatable bonds is 8. The molecule has 12 heteroatoms. The summed E-state index contributed by atoms with van der Waals surface area (Å²) in [6, 6.07) is 15.7. The molecule has 2 aromatic carbocycles. The first-order valence-corrected chi connectivity index (χ1v) is 10.6. The highest BCUT2D eigenvalue weighted by Crippen LogP contribution is 2.37. The molecule has 0 aromatic heterocycles. The van der Waals surface area contributed by atoms with E-state index in [1.165, 1.54) is 0 Å². The maximum absolute atomic E-state index is 8.71. The van der Waals surface area contributed by atoms with Gasteiger partial charge in [-0.15, -0.1) is 0 Å². The molecule has 170 valence electrons. The highest BCUT2D eigenvalue weighted by Gasteiger charge is 2.40. The topological polar surface area (TPSA) is 158 Å². The molecule has 0 amide bonds. The van der Waals surface area contributed by atoms with E-state index in [9.17, 15) is 0 Å². The van der Waals surface area contributed by atoms with Crippen LogP contribution in [0.1, 0.15) is 18.4 Å². The quantitative estimate of drug-likeness (QED) is 0.237. The molecule has 12 nitrogen and oxygen atoms in total. The molecule has 0 atom stereocenters. The number of fused-ring (bicyclic) bond motifs is 1. The molecular formula is C21H25N11O. The molecular weight excluding hydrogens is 422 g/mol. The van der Waals surface area contributed by atoms with Crippen LogP contribution in [-0.2, 0) is 11.3 Å². The first kappa shape index (κ1) is 22.3. The standard InChI is InChI=1S/C21H25N11O/c22-30-25-14-32(15-26-31-23)19-8-4-1-5-16(19)13-24-29-20-21(9-11-33-12-10-21)28-18-7-3-2-6-17(18)27-20/h1-8,24,28H,9-15H2,(H,27,29). The lowest BCUT2D eigenvalue weighted by molar-refractivity contribution is 0.0768. The van der Waals surface area contributed by atoms with Gasteiger partial charge in [0.25, 0.3) is 0 Å². The van der Waals surface area contributed by atoms with Crippen molar-refractivity contribution in [2.45, 2.75) is 24.9 Å². The number of azide groups is 2. The number of ether oxygens (including phenoxy) is 1. The van der Waals surface area contributed by atoms with Crippen LogP contribution in [0, 0.1) is 0 Å².